The van der Waals surface area contributed by atoms with Crippen molar-refractivity contribution in [2.45, 2.75) is 76.4 Å². The molecule has 0 spiro atoms. The van der Waals surface area contributed by atoms with E-state index in [1.54, 1.807) is 13.8 Å². The first-order chi connectivity index (χ1) is 13.9. The summed E-state index contributed by atoms with van der Waals surface area (Å²) in [5, 5.41) is 13.4. The second kappa shape index (κ2) is 8.96. The number of hydrogen-bond donors (Lipinski definition) is 0. The zero-order valence-electron chi connectivity index (χ0n) is 17.9. The molecule has 6 heteroatoms. The van der Waals surface area contributed by atoms with Gasteiger partial charge in [-0.25, -0.2) is 0 Å². The number of benzene rings is 1. The fourth-order valence-electron chi connectivity index (χ4n) is 6.28. The summed E-state index contributed by atoms with van der Waals surface area (Å²) in [6, 6.07) is 10.9. The Hall–Kier alpha value is -1.08. The number of carbonyl (C=O) groups excluding carboxylic acids is 1. The summed E-state index contributed by atoms with van der Waals surface area (Å²) in [7, 11) is 0. The molecule has 1 aromatic carbocycles. The minimum Gasteiger partial charge on any atom is -0.691 e. The van der Waals surface area contributed by atoms with E-state index in [0.29, 0.717) is 18.6 Å². The summed E-state index contributed by atoms with van der Waals surface area (Å²) in [6.07, 6.45) is 7.25. The van der Waals surface area contributed by atoms with Crippen molar-refractivity contribution in [3.63, 3.8) is 0 Å². The average molecular weight is 422 g/mol. The quantitative estimate of drug-likeness (QED) is 0.274. The Kier molecular flexibility index (Phi) is 6.99. The van der Waals surface area contributed by atoms with Crippen molar-refractivity contribution in [2.24, 2.45) is 17.3 Å². The third-order valence-corrected chi connectivity index (χ3v) is 7.55. The molecule has 0 N–H and O–H groups in total. The van der Waals surface area contributed by atoms with Crippen LogP contribution in [0.15, 0.2) is 30.3 Å². The van der Waals surface area contributed by atoms with Crippen molar-refractivity contribution in [3.05, 3.63) is 35.9 Å². The van der Waals surface area contributed by atoms with Crippen LogP contribution in [0.25, 0.3) is 0 Å². The standard InChI is InChI=1S/C21H28O5S.C2H6/c1-19(2,27-26-25-23)18(22)24-14-20-9-15-8-16(10-20)12-21(11-15,13-20)17-6-4-3-5-7-17;1-2/h3-7,15-16,23H,8-14H2,1-2H3;1-2H3/p-1. The van der Waals surface area contributed by atoms with Gasteiger partial charge in [-0.3, -0.25) is 9.83 Å². The highest BCUT2D eigenvalue weighted by Gasteiger charge is 2.58. The van der Waals surface area contributed by atoms with Crippen LogP contribution in [-0.4, -0.2) is 17.3 Å². The number of ether oxygens (including phenoxy) is 1. The van der Waals surface area contributed by atoms with E-state index in [1.165, 1.54) is 24.8 Å². The Labute approximate surface area is 178 Å². The van der Waals surface area contributed by atoms with Crippen LogP contribution in [0.5, 0.6) is 0 Å². The molecule has 29 heavy (non-hydrogen) atoms. The van der Waals surface area contributed by atoms with Crippen molar-refractivity contribution in [3.8, 4) is 0 Å². The zero-order valence-corrected chi connectivity index (χ0v) is 18.8. The molecule has 4 aliphatic rings. The average Bonchev–Trinajstić information content (AvgIpc) is 2.72. The second-order valence-electron chi connectivity index (χ2n) is 9.41. The maximum absolute atomic E-state index is 12.5. The molecule has 5 rings (SSSR count). The van der Waals surface area contributed by atoms with Crippen LogP contribution in [0.4, 0.5) is 0 Å². The first-order valence-electron chi connectivity index (χ1n) is 10.7. The number of rotatable bonds is 7. The molecule has 0 saturated heterocycles. The highest BCUT2D eigenvalue weighted by molar-refractivity contribution is 7.96. The Bertz CT molecular complexity index is 676. The van der Waals surface area contributed by atoms with E-state index in [9.17, 15) is 10.1 Å². The minimum atomic E-state index is -0.982. The molecule has 0 amide bonds. The topological polar surface area (TPSA) is 67.8 Å². The van der Waals surface area contributed by atoms with Crippen LogP contribution in [-0.2, 0) is 24.3 Å². The lowest BCUT2D eigenvalue weighted by atomic mass is 9.43. The maximum Gasteiger partial charge on any atom is 0.324 e. The molecule has 4 bridgehead atoms. The molecule has 5 nitrogen and oxygen atoms in total. The SMILES string of the molecule is CC.CC(C)(SOO[O-])C(=O)OCC12CC3CC(C1)CC(c1ccccc1)(C3)C2. The van der Waals surface area contributed by atoms with Crippen LogP contribution < -0.4 is 5.26 Å². The van der Waals surface area contributed by atoms with Gasteiger partial charge in [0.1, 0.15) is 4.75 Å². The van der Waals surface area contributed by atoms with Crippen LogP contribution in [0, 0.1) is 17.3 Å². The van der Waals surface area contributed by atoms with E-state index in [1.807, 2.05) is 13.8 Å². The van der Waals surface area contributed by atoms with Gasteiger partial charge in [0.2, 0.25) is 0 Å². The smallest absolute Gasteiger partial charge is 0.324 e. The van der Waals surface area contributed by atoms with Gasteiger partial charge in [-0.2, -0.15) is 4.33 Å². The van der Waals surface area contributed by atoms with Crippen LogP contribution in [0.2, 0.25) is 0 Å². The summed E-state index contributed by atoms with van der Waals surface area (Å²) < 4.78 is 9.14. The molecule has 0 heterocycles. The van der Waals surface area contributed by atoms with Crippen molar-refractivity contribution >= 4 is 18.0 Å². The summed E-state index contributed by atoms with van der Waals surface area (Å²) in [5.74, 6) is 1.09. The molecular formula is C23H33O5S-. The first kappa shape index (κ1) is 22.6. The van der Waals surface area contributed by atoms with Crippen molar-refractivity contribution in [1.29, 1.82) is 0 Å². The molecular weight excluding hydrogens is 388 g/mol. The largest absolute Gasteiger partial charge is 0.691 e. The van der Waals surface area contributed by atoms with Crippen LogP contribution >= 0.6 is 12.0 Å². The lowest BCUT2D eigenvalue weighted by Crippen LogP contribution is -2.55. The number of esters is 1. The maximum atomic E-state index is 12.5. The van der Waals surface area contributed by atoms with Gasteiger partial charge >= 0.3 is 5.97 Å². The Morgan fingerprint density at radius 2 is 1.76 bits per heavy atom. The summed E-state index contributed by atoms with van der Waals surface area (Å²) in [4.78, 5) is 12.5. The van der Waals surface area contributed by atoms with E-state index in [0.717, 1.165) is 31.1 Å². The van der Waals surface area contributed by atoms with Gasteiger partial charge in [0.25, 0.3) is 0 Å². The van der Waals surface area contributed by atoms with Crippen molar-refractivity contribution in [1.82, 2.24) is 0 Å². The van der Waals surface area contributed by atoms with Gasteiger partial charge in [0.05, 0.1) is 6.61 Å². The van der Waals surface area contributed by atoms with Gasteiger partial charge < -0.3 is 9.99 Å². The van der Waals surface area contributed by atoms with Crippen LogP contribution in [0.3, 0.4) is 0 Å². The molecule has 1 aromatic rings. The normalized spacial score (nSPS) is 32.4. The number of carbonyl (C=O) groups is 1. The molecule has 2 atom stereocenters. The molecule has 0 aromatic heterocycles. The third kappa shape index (κ3) is 4.66. The molecule has 4 fully saturated rings. The molecule has 4 saturated carbocycles. The predicted octanol–water partition coefficient (Wildman–Crippen LogP) is 4.74. The van der Waals surface area contributed by atoms with E-state index >= 15 is 0 Å². The monoisotopic (exact) mass is 421 g/mol. The van der Waals surface area contributed by atoms with E-state index in [2.05, 4.69) is 39.7 Å². The third-order valence-electron chi connectivity index (χ3n) is 6.84. The fourth-order valence-corrected chi connectivity index (χ4v) is 6.60. The molecule has 0 radical (unpaired) electrons. The van der Waals surface area contributed by atoms with Crippen LogP contribution in [0.1, 0.15) is 71.8 Å². The van der Waals surface area contributed by atoms with Gasteiger partial charge in [0, 0.05) is 17.5 Å². The summed E-state index contributed by atoms with van der Waals surface area (Å²) in [5.41, 5.74) is 1.76. The Balaban J connectivity index is 0.00000117. The van der Waals surface area contributed by atoms with Gasteiger partial charge in [0.15, 0.2) is 0 Å². The Morgan fingerprint density at radius 1 is 1.14 bits per heavy atom. The van der Waals surface area contributed by atoms with Gasteiger partial charge in [-0.1, -0.05) is 44.2 Å². The fraction of sp³-hybridized carbons (Fsp3) is 0.696. The lowest BCUT2D eigenvalue weighted by molar-refractivity contribution is -0.777. The number of hydrogen-bond acceptors (Lipinski definition) is 6. The summed E-state index contributed by atoms with van der Waals surface area (Å²) in [6.45, 7) is 7.80. The first-order valence-corrected chi connectivity index (χ1v) is 11.5. The molecule has 4 aliphatic carbocycles. The predicted molar refractivity (Wildman–Crippen MR) is 111 cm³/mol. The molecule has 2 unspecified atom stereocenters. The zero-order chi connectivity index (χ0) is 21.1. The van der Waals surface area contributed by atoms with Gasteiger partial charge in [-0.05, 0) is 75.2 Å². The summed E-state index contributed by atoms with van der Waals surface area (Å²) >= 11 is 0.691. The molecule has 0 aliphatic heterocycles. The minimum absolute atomic E-state index is 0.0756. The lowest BCUT2D eigenvalue weighted by Gasteiger charge is -2.62. The molecule has 162 valence electrons. The van der Waals surface area contributed by atoms with E-state index < -0.39 is 4.75 Å². The van der Waals surface area contributed by atoms with E-state index in [4.69, 9.17) is 4.74 Å². The highest BCUT2D eigenvalue weighted by atomic mass is 32.2. The Morgan fingerprint density at radius 3 is 2.34 bits per heavy atom. The highest BCUT2D eigenvalue weighted by Crippen LogP contribution is 2.65. The van der Waals surface area contributed by atoms with E-state index in [-0.39, 0.29) is 16.8 Å². The second-order valence-corrected chi connectivity index (χ2v) is 10.7. The van der Waals surface area contributed by atoms with Gasteiger partial charge in [-0.15, -0.1) is 0 Å². The van der Waals surface area contributed by atoms with Crippen molar-refractivity contribution < 1.29 is 24.2 Å². The van der Waals surface area contributed by atoms with Crippen molar-refractivity contribution in [2.75, 3.05) is 6.61 Å².